The van der Waals surface area contributed by atoms with Crippen LogP contribution >= 0.6 is 0 Å². The normalized spacial score (nSPS) is 16.3. The Hall–Kier alpha value is -2.61. The van der Waals surface area contributed by atoms with E-state index in [1.54, 1.807) is 12.1 Å². The van der Waals surface area contributed by atoms with Gasteiger partial charge in [0.2, 0.25) is 15.9 Å². The van der Waals surface area contributed by atoms with Gasteiger partial charge in [-0.3, -0.25) is 4.79 Å². The summed E-state index contributed by atoms with van der Waals surface area (Å²) in [5.41, 5.74) is 2.78. The molecular formula is C26H31ClN3O3S-. The van der Waals surface area contributed by atoms with Crippen molar-refractivity contribution in [3.05, 3.63) is 66.2 Å². The number of sulfonamides is 1. The molecule has 4 rings (SSSR count). The summed E-state index contributed by atoms with van der Waals surface area (Å²) in [7, 11) is -3.79. The molecule has 1 aliphatic rings. The first-order valence-electron chi connectivity index (χ1n) is 11.5. The summed E-state index contributed by atoms with van der Waals surface area (Å²) in [6, 6.07) is 18.0. The molecule has 34 heavy (non-hydrogen) atoms. The van der Waals surface area contributed by atoms with Gasteiger partial charge in [0, 0.05) is 31.0 Å². The van der Waals surface area contributed by atoms with Gasteiger partial charge in [0.25, 0.3) is 0 Å². The monoisotopic (exact) mass is 500 g/mol. The molecule has 0 aromatic heterocycles. The van der Waals surface area contributed by atoms with E-state index in [0.717, 1.165) is 35.1 Å². The molecule has 1 unspecified atom stereocenters. The molecule has 0 radical (unpaired) electrons. The van der Waals surface area contributed by atoms with Crippen LogP contribution in [0, 0.1) is 6.92 Å². The first-order chi connectivity index (χ1) is 15.8. The number of nitrogens with one attached hydrogen (secondary N) is 1. The van der Waals surface area contributed by atoms with Gasteiger partial charge in [-0.1, -0.05) is 30.3 Å². The van der Waals surface area contributed by atoms with Crippen molar-refractivity contribution >= 4 is 38.1 Å². The number of anilines is 2. The van der Waals surface area contributed by atoms with Gasteiger partial charge in [-0.2, -0.15) is 4.31 Å². The number of amides is 1. The molecule has 1 aliphatic heterocycles. The second-order valence-electron chi connectivity index (χ2n) is 8.44. The lowest BCUT2D eigenvalue weighted by Crippen LogP contribution is -3.00. The Morgan fingerprint density at radius 1 is 1.03 bits per heavy atom. The maximum Gasteiger partial charge on any atom is 0.243 e. The van der Waals surface area contributed by atoms with E-state index in [0.29, 0.717) is 25.1 Å². The largest absolute Gasteiger partial charge is 1.00 e. The molecule has 0 aliphatic carbocycles. The standard InChI is InChI=1S/C26H31N3O3S.ClH/c1-4-28(5-2)22-13-15-24(19(3)17-22)27-26(30)25-11-8-16-29(25)33(31,32)23-14-12-20-9-6-7-10-21(20)18-23;/h6-7,9-10,12-15,17-18,25H,4-5,8,11,16H2,1-3H3,(H,27,30);1H/p-1. The van der Waals surface area contributed by atoms with Crippen molar-refractivity contribution in [2.24, 2.45) is 0 Å². The summed E-state index contributed by atoms with van der Waals surface area (Å²) in [5.74, 6) is -0.282. The highest BCUT2D eigenvalue weighted by atomic mass is 35.5. The third kappa shape index (κ3) is 5.06. The number of rotatable bonds is 7. The minimum atomic E-state index is -3.79. The van der Waals surface area contributed by atoms with E-state index in [4.69, 9.17) is 0 Å². The summed E-state index contributed by atoms with van der Waals surface area (Å²) in [5, 5.41) is 4.82. The number of carbonyl (C=O) groups is 1. The molecule has 1 amide bonds. The number of nitrogens with zero attached hydrogens (tertiary/aromatic N) is 2. The minimum Gasteiger partial charge on any atom is -1.00 e. The highest BCUT2D eigenvalue weighted by molar-refractivity contribution is 7.89. The number of hydrogen-bond donors (Lipinski definition) is 1. The van der Waals surface area contributed by atoms with Crippen molar-refractivity contribution in [1.82, 2.24) is 4.31 Å². The van der Waals surface area contributed by atoms with E-state index in [1.165, 1.54) is 4.31 Å². The summed E-state index contributed by atoms with van der Waals surface area (Å²) in [6.45, 7) is 8.34. The van der Waals surface area contributed by atoms with E-state index in [-0.39, 0.29) is 23.2 Å². The molecule has 6 nitrogen and oxygen atoms in total. The summed E-state index contributed by atoms with van der Waals surface area (Å²) in [6.07, 6.45) is 1.17. The Morgan fingerprint density at radius 2 is 1.74 bits per heavy atom. The molecule has 1 saturated heterocycles. The van der Waals surface area contributed by atoms with Crippen molar-refractivity contribution in [2.75, 3.05) is 29.9 Å². The van der Waals surface area contributed by atoms with Crippen LogP contribution in [0.3, 0.4) is 0 Å². The molecule has 0 saturated carbocycles. The second-order valence-corrected chi connectivity index (χ2v) is 10.3. The molecular weight excluding hydrogens is 470 g/mol. The number of aryl methyl sites for hydroxylation is 1. The SMILES string of the molecule is CCN(CC)c1ccc(NC(=O)C2CCCN2S(=O)(=O)c2ccc3ccccc3c2)c(C)c1.[Cl-]. The molecule has 0 bridgehead atoms. The summed E-state index contributed by atoms with van der Waals surface area (Å²) in [4.78, 5) is 15.6. The highest BCUT2D eigenvalue weighted by Gasteiger charge is 2.39. The van der Waals surface area contributed by atoms with Crippen molar-refractivity contribution in [3.63, 3.8) is 0 Å². The topological polar surface area (TPSA) is 69.7 Å². The maximum absolute atomic E-state index is 13.4. The second kappa shape index (κ2) is 10.8. The first kappa shape index (κ1) is 26.0. The lowest BCUT2D eigenvalue weighted by molar-refractivity contribution is -0.119. The van der Waals surface area contributed by atoms with E-state index in [9.17, 15) is 13.2 Å². The third-order valence-electron chi connectivity index (χ3n) is 6.43. The lowest BCUT2D eigenvalue weighted by Gasteiger charge is -2.25. The molecule has 1 fully saturated rings. The fraction of sp³-hybridized carbons (Fsp3) is 0.346. The van der Waals surface area contributed by atoms with Crippen LogP contribution in [0.1, 0.15) is 32.3 Å². The Labute approximate surface area is 208 Å². The Bertz CT molecular complexity index is 1280. The van der Waals surface area contributed by atoms with Crippen LogP contribution < -0.4 is 22.6 Å². The predicted molar refractivity (Wildman–Crippen MR) is 134 cm³/mol. The van der Waals surface area contributed by atoms with Crippen LogP contribution in [0.2, 0.25) is 0 Å². The van der Waals surface area contributed by atoms with Crippen LogP contribution in [0.15, 0.2) is 65.6 Å². The Morgan fingerprint density at radius 3 is 2.41 bits per heavy atom. The van der Waals surface area contributed by atoms with E-state index >= 15 is 0 Å². The molecule has 3 aromatic rings. The number of halogens is 1. The fourth-order valence-corrected chi connectivity index (χ4v) is 6.24. The summed E-state index contributed by atoms with van der Waals surface area (Å²) >= 11 is 0. The molecule has 1 heterocycles. The van der Waals surface area contributed by atoms with Gasteiger partial charge in [0.15, 0.2) is 0 Å². The number of carbonyl (C=O) groups excluding carboxylic acids is 1. The van der Waals surface area contributed by atoms with Gasteiger partial charge in [-0.05, 0) is 80.3 Å². The zero-order valence-corrected chi connectivity index (χ0v) is 21.4. The fourth-order valence-electron chi connectivity index (χ4n) is 4.54. The van der Waals surface area contributed by atoms with Gasteiger partial charge >= 0.3 is 0 Å². The molecule has 0 spiro atoms. The molecule has 1 atom stereocenters. The van der Waals surface area contributed by atoms with E-state index < -0.39 is 16.1 Å². The maximum atomic E-state index is 13.4. The molecule has 1 N–H and O–H groups in total. The third-order valence-corrected chi connectivity index (χ3v) is 8.33. The van der Waals surface area contributed by atoms with Gasteiger partial charge in [0.05, 0.1) is 4.90 Å². The molecule has 8 heteroatoms. The van der Waals surface area contributed by atoms with Crippen LogP contribution in [0.25, 0.3) is 10.8 Å². The minimum absolute atomic E-state index is 0. The van der Waals surface area contributed by atoms with Crippen molar-refractivity contribution in [1.29, 1.82) is 0 Å². The number of fused-ring (bicyclic) bond motifs is 1. The van der Waals surface area contributed by atoms with Crippen molar-refractivity contribution < 1.29 is 25.6 Å². The van der Waals surface area contributed by atoms with Gasteiger partial charge in [-0.25, -0.2) is 8.42 Å². The smallest absolute Gasteiger partial charge is 0.243 e. The van der Waals surface area contributed by atoms with Crippen LogP contribution in [0.5, 0.6) is 0 Å². The average molecular weight is 501 g/mol. The molecule has 3 aromatic carbocycles. The van der Waals surface area contributed by atoms with Crippen LogP contribution in [-0.2, 0) is 14.8 Å². The van der Waals surface area contributed by atoms with Gasteiger partial charge in [-0.15, -0.1) is 0 Å². The Balaban J connectivity index is 0.00000324. The number of benzene rings is 3. The van der Waals surface area contributed by atoms with Crippen LogP contribution in [-0.4, -0.2) is 44.3 Å². The number of hydrogen-bond acceptors (Lipinski definition) is 4. The average Bonchev–Trinajstić information content (AvgIpc) is 3.32. The summed E-state index contributed by atoms with van der Waals surface area (Å²) < 4.78 is 28.2. The first-order valence-corrected chi connectivity index (χ1v) is 13.0. The zero-order valence-electron chi connectivity index (χ0n) is 19.8. The van der Waals surface area contributed by atoms with Gasteiger partial charge < -0.3 is 22.6 Å². The lowest BCUT2D eigenvalue weighted by atomic mass is 10.1. The van der Waals surface area contributed by atoms with Gasteiger partial charge in [0.1, 0.15) is 6.04 Å². The zero-order chi connectivity index (χ0) is 23.6. The van der Waals surface area contributed by atoms with Crippen LogP contribution in [0.4, 0.5) is 11.4 Å². The Kier molecular flexibility index (Phi) is 8.23. The highest BCUT2D eigenvalue weighted by Crippen LogP contribution is 2.30. The molecule has 182 valence electrons. The van der Waals surface area contributed by atoms with E-state index in [2.05, 4.69) is 30.1 Å². The van der Waals surface area contributed by atoms with E-state index in [1.807, 2.05) is 49.4 Å². The van der Waals surface area contributed by atoms with Crippen molar-refractivity contribution in [3.8, 4) is 0 Å². The van der Waals surface area contributed by atoms with Crippen molar-refractivity contribution in [2.45, 2.75) is 44.6 Å². The quantitative estimate of drug-likeness (QED) is 0.537. The predicted octanol–water partition coefficient (Wildman–Crippen LogP) is 1.79.